The fourth-order valence-corrected chi connectivity index (χ4v) is 3.06. The first-order valence-corrected chi connectivity index (χ1v) is 8.80. The SMILES string of the molecule is Cc1cc(CN2CCN(CC(=O)N(C)c3ccc([N+](=O)[O-])cc3)CC2)on1. The number of likely N-dealkylation sites (N-methyl/N-ethyl adjacent to an activating group) is 1. The molecule has 0 radical (unpaired) electrons. The molecule has 0 unspecified atom stereocenters. The van der Waals surface area contributed by atoms with Crippen LogP contribution in [0.3, 0.4) is 0 Å². The summed E-state index contributed by atoms with van der Waals surface area (Å²) in [5.74, 6) is 0.818. The smallest absolute Gasteiger partial charge is 0.269 e. The highest BCUT2D eigenvalue weighted by Gasteiger charge is 2.22. The topological polar surface area (TPSA) is 96.0 Å². The molecule has 2 aromatic rings. The maximum atomic E-state index is 12.5. The lowest BCUT2D eigenvalue weighted by Gasteiger charge is -2.34. The van der Waals surface area contributed by atoms with Gasteiger partial charge in [-0.2, -0.15) is 0 Å². The summed E-state index contributed by atoms with van der Waals surface area (Å²) < 4.78 is 5.25. The van der Waals surface area contributed by atoms with Crippen molar-refractivity contribution in [3.05, 3.63) is 51.9 Å². The highest BCUT2D eigenvalue weighted by atomic mass is 16.6. The van der Waals surface area contributed by atoms with Crippen molar-refractivity contribution in [1.82, 2.24) is 15.0 Å². The molecule has 1 aliphatic rings. The minimum atomic E-state index is -0.453. The van der Waals surface area contributed by atoms with E-state index in [4.69, 9.17) is 4.52 Å². The van der Waals surface area contributed by atoms with Crippen LogP contribution < -0.4 is 4.90 Å². The van der Waals surface area contributed by atoms with Crippen LogP contribution >= 0.6 is 0 Å². The summed E-state index contributed by atoms with van der Waals surface area (Å²) in [4.78, 5) is 28.7. The Morgan fingerprint density at radius 2 is 1.85 bits per heavy atom. The van der Waals surface area contributed by atoms with Gasteiger partial charge in [0.1, 0.15) is 0 Å². The van der Waals surface area contributed by atoms with Gasteiger partial charge in [-0.05, 0) is 19.1 Å². The third-order valence-corrected chi connectivity index (χ3v) is 4.70. The van der Waals surface area contributed by atoms with Crippen molar-refractivity contribution in [2.24, 2.45) is 0 Å². The van der Waals surface area contributed by atoms with Crippen molar-refractivity contribution in [2.45, 2.75) is 13.5 Å². The molecule has 0 saturated carbocycles. The number of amides is 1. The number of nitro groups is 1. The van der Waals surface area contributed by atoms with E-state index in [0.29, 0.717) is 12.2 Å². The van der Waals surface area contributed by atoms with Crippen molar-refractivity contribution in [3.8, 4) is 0 Å². The van der Waals surface area contributed by atoms with Crippen LogP contribution in [0.2, 0.25) is 0 Å². The van der Waals surface area contributed by atoms with Gasteiger partial charge in [0.05, 0.1) is 23.7 Å². The first-order valence-electron chi connectivity index (χ1n) is 8.80. The summed E-state index contributed by atoms with van der Waals surface area (Å²) in [5, 5.41) is 14.6. The predicted molar refractivity (Wildman–Crippen MR) is 99.5 cm³/mol. The van der Waals surface area contributed by atoms with E-state index >= 15 is 0 Å². The number of benzene rings is 1. The third kappa shape index (κ3) is 4.89. The van der Waals surface area contributed by atoms with E-state index in [2.05, 4.69) is 15.0 Å². The normalized spacial score (nSPS) is 15.6. The van der Waals surface area contributed by atoms with Gasteiger partial charge in [-0.1, -0.05) is 5.16 Å². The summed E-state index contributed by atoms with van der Waals surface area (Å²) in [6.45, 7) is 6.26. The molecular formula is C18H23N5O4. The molecule has 0 aliphatic carbocycles. The lowest BCUT2D eigenvalue weighted by Crippen LogP contribution is -2.49. The maximum absolute atomic E-state index is 12.5. The molecule has 1 fully saturated rings. The Labute approximate surface area is 157 Å². The van der Waals surface area contributed by atoms with Gasteiger partial charge >= 0.3 is 0 Å². The molecule has 1 aliphatic heterocycles. The molecule has 9 heteroatoms. The van der Waals surface area contributed by atoms with E-state index < -0.39 is 4.92 Å². The molecule has 1 saturated heterocycles. The lowest BCUT2D eigenvalue weighted by molar-refractivity contribution is -0.384. The number of non-ortho nitro benzene ring substituents is 1. The van der Waals surface area contributed by atoms with E-state index in [1.807, 2.05) is 13.0 Å². The molecule has 1 aromatic carbocycles. The van der Waals surface area contributed by atoms with Gasteiger partial charge in [0, 0.05) is 57.1 Å². The molecule has 0 N–H and O–H groups in total. The van der Waals surface area contributed by atoms with Crippen LogP contribution in [0.25, 0.3) is 0 Å². The highest BCUT2D eigenvalue weighted by molar-refractivity contribution is 5.94. The van der Waals surface area contributed by atoms with E-state index in [0.717, 1.165) is 44.2 Å². The number of aryl methyl sites for hydroxylation is 1. The first-order chi connectivity index (χ1) is 12.9. The minimum Gasteiger partial charge on any atom is -0.360 e. The Balaban J connectivity index is 1.47. The number of hydrogen-bond acceptors (Lipinski definition) is 7. The van der Waals surface area contributed by atoms with Gasteiger partial charge in [0.25, 0.3) is 5.69 Å². The van der Waals surface area contributed by atoms with Crippen molar-refractivity contribution in [3.63, 3.8) is 0 Å². The molecule has 0 bridgehead atoms. The molecule has 9 nitrogen and oxygen atoms in total. The quantitative estimate of drug-likeness (QED) is 0.561. The van der Waals surface area contributed by atoms with E-state index in [1.54, 1.807) is 19.2 Å². The third-order valence-electron chi connectivity index (χ3n) is 4.70. The molecule has 1 aromatic heterocycles. The first kappa shape index (κ1) is 19.0. The second-order valence-electron chi connectivity index (χ2n) is 6.71. The molecule has 144 valence electrons. The van der Waals surface area contributed by atoms with Gasteiger partial charge in [-0.3, -0.25) is 24.7 Å². The van der Waals surface area contributed by atoms with E-state index in [1.165, 1.54) is 17.0 Å². The fraction of sp³-hybridized carbons (Fsp3) is 0.444. The largest absolute Gasteiger partial charge is 0.360 e. The lowest BCUT2D eigenvalue weighted by atomic mass is 10.2. The molecule has 0 atom stereocenters. The number of anilines is 1. The van der Waals surface area contributed by atoms with Crippen LogP contribution in [0.15, 0.2) is 34.9 Å². The van der Waals surface area contributed by atoms with Crippen LogP contribution in [-0.4, -0.2) is 65.6 Å². The Bertz CT molecular complexity index is 796. The van der Waals surface area contributed by atoms with Crippen molar-refractivity contribution in [1.29, 1.82) is 0 Å². The summed E-state index contributed by atoms with van der Waals surface area (Å²) in [6.07, 6.45) is 0. The van der Waals surface area contributed by atoms with Crippen LogP contribution in [0.4, 0.5) is 11.4 Å². The Hall–Kier alpha value is -2.78. The molecular weight excluding hydrogens is 350 g/mol. The highest BCUT2D eigenvalue weighted by Crippen LogP contribution is 2.19. The van der Waals surface area contributed by atoms with Crippen LogP contribution in [0.5, 0.6) is 0 Å². The van der Waals surface area contributed by atoms with Crippen LogP contribution in [0, 0.1) is 17.0 Å². The number of piperazine rings is 1. The average molecular weight is 373 g/mol. The summed E-state index contributed by atoms with van der Waals surface area (Å²) in [6, 6.07) is 7.93. The predicted octanol–water partition coefficient (Wildman–Crippen LogP) is 1.67. The van der Waals surface area contributed by atoms with Crippen molar-refractivity contribution in [2.75, 3.05) is 44.7 Å². The number of hydrogen-bond donors (Lipinski definition) is 0. The Morgan fingerprint density at radius 3 is 2.41 bits per heavy atom. The number of carbonyl (C=O) groups is 1. The summed E-state index contributed by atoms with van der Waals surface area (Å²) in [7, 11) is 1.69. The van der Waals surface area contributed by atoms with Gasteiger partial charge in [-0.25, -0.2) is 0 Å². The van der Waals surface area contributed by atoms with Crippen molar-refractivity contribution >= 4 is 17.3 Å². The number of rotatable bonds is 6. The van der Waals surface area contributed by atoms with Gasteiger partial charge in [-0.15, -0.1) is 0 Å². The zero-order valence-corrected chi connectivity index (χ0v) is 15.5. The average Bonchev–Trinajstić information content (AvgIpc) is 3.07. The fourth-order valence-electron chi connectivity index (χ4n) is 3.06. The molecule has 0 spiro atoms. The van der Waals surface area contributed by atoms with Gasteiger partial charge in [0.15, 0.2) is 5.76 Å². The van der Waals surface area contributed by atoms with Gasteiger partial charge in [0.2, 0.25) is 5.91 Å². The second kappa shape index (κ2) is 8.28. The zero-order chi connectivity index (χ0) is 19.4. The Kier molecular flexibility index (Phi) is 5.82. The minimum absolute atomic E-state index is 0.0117. The molecule has 1 amide bonds. The molecule has 27 heavy (non-hydrogen) atoms. The monoisotopic (exact) mass is 373 g/mol. The number of nitro benzene ring substituents is 1. The Morgan fingerprint density at radius 1 is 1.22 bits per heavy atom. The number of carbonyl (C=O) groups excluding carboxylic acids is 1. The van der Waals surface area contributed by atoms with Crippen LogP contribution in [-0.2, 0) is 11.3 Å². The number of aromatic nitrogens is 1. The van der Waals surface area contributed by atoms with E-state index in [9.17, 15) is 14.9 Å². The van der Waals surface area contributed by atoms with E-state index in [-0.39, 0.29) is 11.6 Å². The summed E-state index contributed by atoms with van der Waals surface area (Å²) >= 11 is 0. The van der Waals surface area contributed by atoms with Gasteiger partial charge < -0.3 is 9.42 Å². The maximum Gasteiger partial charge on any atom is 0.269 e. The second-order valence-corrected chi connectivity index (χ2v) is 6.71. The molecule has 2 heterocycles. The summed E-state index contributed by atoms with van der Waals surface area (Å²) in [5.41, 5.74) is 1.53. The van der Waals surface area contributed by atoms with Crippen molar-refractivity contribution < 1.29 is 14.2 Å². The zero-order valence-electron chi connectivity index (χ0n) is 15.5. The number of nitrogens with zero attached hydrogens (tertiary/aromatic N) is 5. The standard InChI is InChI=1S/C18H23N5O4/c1-14-11-17(27-19-14)12-21-7-9-22(10-8-21)13-18(24)20(2)15-3-5-16(6-4-15)23(25)26/h3-6,11H,7-10,12-13H2,1-2H3. The van der Waals surface area contributed by atoms with Crippen LogP contribution in [0.1, 0.15) is 11.5 Å². The molecule has 3 rings (SSSR count).